The quantitative estimate of drug-likeness (QED) is 0.140. The molecule has 0 fully saturated rings. The third-order valence-corrected chi connectivity index (χ3v) is 8.88. The van der Waals surface area contributed by atoms with Crippen molar-refractivity contribution in [2.45, 2.75) is 0 Å². The molecule has 21 heteroatoms. The van der Waals surface area contributed by atoms with Crippen LogP contribution in [0.4, 0.5) is 17.6 Å². The lowest BCUT2D eigenvalue weighted by atomic mass is 10.0. The average Bonchev–Trinajstić information content (AvgIpc) is 4.02. The third-order valence-electron chi connectivity index (χ3n) is 8.88. The van der Waals surface area contributed by atoms with Gasteiger partial charge in [-0.2, -0.15) is 42.1 Å². The summed E-state index contributed by atoms with van der Waals surface area (Å²) in [5.41, 5.74) is -5.00. The van der Waals surface area contributed by atoms with Gasteiger partial charge in [-0.15, -0.1) is 0 Å². The van der Waals surface area contributed by atoms with Gasteiger partial charge in [-0.3, -0.25) is 0 Å². The van der Waals surface area contributed by atoms with Crippen LogP contribution in [0, 0.1) is 114 Å². The maximum absolute atomic E-state index is 15.1. The van der Waals surface area contributed by atoms with E-state index < -0.39 is 51.6 Å². The fraction of sp³-hybridized carbons (Fsp3) is 0. The van der Waals surface area contributed by atoms with Gasteiger partial charge in [-0.25, -0.2) is 57.5 Å². The van der Waals surface area contributed by atoms with Crippen molar-refractivity contribution in [1.29, 1.82) is 42.1 Å². The summed E-state index contributed by atoms with van der Waals surface area (Å²) in [5, 5.41) is 77.7. The largest absolute Gasteiger partial charge is 0.433 e. The van der Waals surface area contributed by atoms with Crippen LogP contribution in [0.5, 0.6) is 0 Å². The van der Waals surface area contributed by atoms with Crippen molar-refractivity contribution in [2.24, 2.45) is 20.0 Å². The fourth-order valence-electron chi connectivity index (χ4n) is 6.07. The SMILES string of the molecule is N#CC(=C1N=c2cc(C#N)c(C#N)cc2=N1)c1nc(-c2nc3cc(C#N)c(C#N)cc3o2)nc(-c2ccc3c(c2C#N)=N/C(=C(\C#N)c2c(F)c(F)c(C#N)c(F)c2F)N=3)n1. The highest BCUT2D eigenvalue weighted by atomic mass is 19.2. The van der Waals surface area contributed by atoms with Gasteiger partial charge in [0.2, 0.25) is 5.82 Å². The maximum Gasteiger partial charge on any atom is 0.266 e. The van der Waals surface area contributed by atoms with Gasteiger partial charge in [0.1, 0.15) is 76.1 Å². The summed E-state index contributed by atoms with van der Waals surface area (Å²) in [5.74, 6) is -10.8. The molecule has 61 heavy (non-hydrogen) atoms. The highest BCUT2D eigenvalue weighted by molar-refractivity contribution is 5.82. The van der Waals surface area contributed by atoms with E-state index in [1.807, 2.05) is 36.4 Å². The highest BCUT2D eigenvalue weighted by Gasteiger charge is 2.31. The first kappa shape index (κ1) is 37.6. The first-order valence-corrected chi connectivity index (χ1v) is 16.5. The summed E-state index contributed by atoms with van der Waals surface area (Å²) in [4.78, 5) is 34.4. The van der Waals surface area contributed by atoms with Gasteiger partial charge >= 0.3 is 0 Å². The van der Waals surface area contributed by atoms with E-state index in [0.29, 0.717) is 0 Å². The van der Waals surface area contributed by atoms with Crippen molar-refractivity contribution in [1.82, 2.24) is 19.9 Å². The van der Waals surface area contributed by atoms with E-state index in [1.165, 1.54) is 42.5 Å². The predicted octanol–water partition coefficient (Wildman–Crippen LogP) is 3.42. The Balaban J connectivity index is 1.38. The van der Waals surface area contributed by atoms with Crippen LogP contribution in [-0.2, 0) is 0 Å². The standard InChI is InChI=1S/C40H6F4N16O/c41-30-22(13-51)31(42)33(44)29(32(30)43)21(12-50)36-53-24-2-1-19(20(11-49)34(24)57-36)35-58-38(23(14-52)37-54-25-3-15(7-45)16(8-46)4-26(25)55-37)60-39(59-35)40-56-27-5-17(9-47)18(10-48)6-28(27)61-40/h1-6H/b36-21+. The molecule has 0 spiro atoms. The van der Waals surface area contributed by atoms with E-state index in [0.717, 1.165) is 6.07 Å². The molecule has 0 N–H and O–H groups in total. The Morgan fingerprint density at radius 1 is 0.508 bits per heavy atom. The van der Waals surface area contributed by atoms with Crippen molar-refractivity contribution < 1.29 is 22.0 Å². The number of rotatable bonds is 4. The van der Waals surface area contributed by atoms with Gasteiger partial charge in [0, 0.05) is 11.6 Å². The molecule has 17 nitrogen and oxygen atoms in total. The second-order valence-electron chi connectivity index (χ2n) is 12.2. The number of fused-ring (bicyclic) bond motifs is 3. The Hall–Kier alpha value is -10.3. The molecule has 2 aliphatic heterocycles. The molecule has 0 aliphatic carbocycles. The number of nitrogens with zero attached hydrogens (tertiary/aromatic N) is 16. The van der Waals surface area contributed by atoms with Crippen LogP contribution in [0.2, 0.25) is 0 Å². The molecule has 0 saturated carbocycles. The lowest BCUT2D eigenvalue weighted by molar-refractivity contribution is 0.446. The molecule has 0 radical (unpaired) electrons. The lowest BCUT2D eigenvalue weighted by Gasteiger charge is -2.08. The van der Waals surface area contributed by atoms with Gasteiger partial charge < -0.3 is 4.42 Å². The molecule has 2 aliphatic rings. The second kappa shape index (κ2) is 14.3. The molecule has 0 bridgehead atoms. The molecule has 0 amide bonds. The predicted molar refractivity (Wildman–Crippen MR) is 189 cm³/mol. The minimum atomic E-state index is -2.07. The van der Waals surface area contributed by atoms with Crippen molar-refractivity contribution in [2.75, 3.05) is 0 Å². The Morgan fingerprint density at radius 2 is 1.05 bits per heavy atom. The Labute approximate surface area is 334 Å². The van der Waals surface area contributed by atoms with Crippen LogP contribution < -0.4 is 21.4 Å². The zero-order chi connectivity index (χ0) is 43.3. The first-order valence-electron chi connectivity index (χ1n) is 16.5. The molecule has 2 aromatic heterocycles. The van der Waals surface area contributed by atoms with Crippen molar-refractivity contribution in [3.8, 4) is 71.7 Å². The van der Waals surface area contributed by atoms with Gasteiger partial charge in [0.15, 0.2) is 52.1 Å². The molecule has 4 aromatic carbocycles. The summed E-state index contributed by atoms with van der Waals surface area (Å²) in [7, 11) is 0. The normalized spacial score (nSPS) is 12.5. The number of aromatic nitrogens is 4. The van der Waals surface area contributed by atoms with Gasteiger partial charge in [-0.1, -0.05) is 0 Å². The molecule has 0 unspecified atom stereocenters. The molecule has 280 valence electrons. The monoisotopic (exact) mass is 802 g/mol. The minimum Gasteiger partial charge on any atom is -0.433 e. The number of halogens is 4. The molecular weight excluding hydrogens is 797 g/mol. The molecule has 0 atom stereocenters. The van der Waals surface area contributed by atoms with E-state index in [1.54, 1.807) is 0 Å². The second-order valence-corrected chi connectivity index (χ2v) is 12.2. The smallest absolute Gasteiger partial charge is 0.266 e. The number of oxazole rings is 1. The minimum absolute atomic E-state index is 0.0102. The summed E-state index contributed by atoms with van der Waals surface area (Å²) < 4.78 is 65.2. The van der Waals surface area contributed by atoms with Crippen molar-refractivity contribution >= 4 is 22.2 Å². The fourth-order valence-corrected chi connectivity index (χ4v) is 6.07. The van der Waals surface area contributed by atoms with E-state index in [4.69, 9.17) is 9.68 Å². The van der Waals surface area contributed by atoms with Crippen LogP contribution in [0.25, 0.3) is 45.3 Å². The topological polar surface area (TPSA) is 304 Å². The van der Waals surface area contributed by atoms with E-state index in [-0.39, 0.29) is 94.8 Å². The molecule has 6 aromatic rings. The average molecular weight is 803 g/mol. The van der Waals surface area contributed by atoms with Crippen LogP contribution in [0.3, 0.4) is 0 Å². The maximum atomic E-state index is 15.1. The first-order chi connectivity index (χ1) is 29.5. The van der Waals surface area contributed by atoms with E-state index in [9.17, 15) is 45.6 Å². The van der Waals surface area contributed by atoms with E-state index >= 15 is 8.78 Å². The van der Waals surface area contributed by atoms with Gasteiger partial charge in [0.05, 0.1) is 49.5 Å². The molecule has 0 saturated heterocycles. The Morgan fingerprint density at radius 3 is 1.62 bits per heavy atom. The zero-order valence-electron chi connectivity index (χ0n) is 29.5. The number of benzene rings is 4. The molecular formula is C40H6F4N16O. The number of allylic oxidation sites excluding steroid dienone is 2. The van der Waals surface area contributed by atoms with Crippen LogP contribution >= 0.6 is 0 Å². The van der Waals surface area contributed by atoms with Gasteiger partial charge in [0.25, 0.3) is 5.89 Å². The van der Waals surface area contributed by atoms with Crippen LogP contribution in [-0.4, -0.2) is 19.9 Å². The Bertz CT molecular complexity index is 3680. The molecule has 8 rings (SSSR count). The van der Waals surface area contributed by atoms with Crippen LogP contribution in [0.1, 0.15) is 44.8 Å². The van der Waals surface area contributed by atoms with E-state index in [2.05, 4.69) is 39.9 Å². The molecule has 4 heterocycles. The summed E-state index contributed by atoms with van der Waals surface area (Å²) in [6.07, 6.45) is 0. The van der Waals surface area contributed by atoms with Crippen LogP contribution in [0.15, 0.2) is 72.4 Å². The third kappa shape index (κ3) is 5.87. The number of hydrogen-bond donors (Lipinski definition) is 0. The van der Waals surface area contributed by atoms with Crippen molar-refractivity contribution in [3.63, 3.8) is 0 Å². The van der Waals surface area contributed by atoms with Crippen molar-refractivity contribution in [3.05, 3.63) is 138 Å². The number of nitriles is 8. The lowest BCUT2D eigenvalue weighted by Crippen LogP contribution is -2.25. The number of hydrogen-bond acceptors (Lipinski definition) is 17. The zero-order valence-corrected chi connectivity index (χ0v) is 29.5. The van der Waals surface area contributed by atoms with Gasteiger partial charge in [-0.05, 0) is 30.3 Å². The summed E-state index contributed by atoms with van der Waals surface area (Å²) in [6.45, 7) is 0. The summed E-state index contributed by atoms with van der Waals surface area (Å²) in [6, 6.07) is 21.4. The summed E-state index contributed by atoms with van der Waals surface area (Å²) >= 11 is 0. The highest BCUT2D eigenvalue weighted by Crippen LogP contribution is 2.33. The Kier molecular flexibility index (Phi) is 8.82.